The van der Waals surface area contributed by atoms with Crippen LogP contribution in [0.15, 0.2) is 91.0 Å². The molecule has 3 aromatic rings. The number of carbonyl (C=O) groups excluding carboxylic acids is 1. The molecule has 120 valence electrons. The Labute approximate surface area is 143 Å². The van der Waals surface area contributed by atoms with Gasteiger partial charge in [0, 0.05) is 17.5 Å². The minimum atomic E-state index is -0.0417. The molecule has 1 amide bonds. The number of hydrogen-bond acceptors (Lipinski definition) is 1. The Balaban J connectivity index is 1.87. The first kappa shape index (κ1) is 16.0. The summed E-state index contributed by atoms with van der Waals surface area (Å²) in [6, 6.07) is 30.0. The first-order chi connectivity index (χ1) is 11.8. The van der Waals surface area contributed by atoms with Crippen molar-refractivity contribution in [2.75, 3.05) is 0 Å². The fraction of sp³-hybridized carbons (Fsp3) is 0.136. The Kier molecular flexibility index (Phi) is 5.07. The average molecular weight is 315 g/mol. The van der Waals surface area contributed by atoms with Gasteiger partial charge in [-0.3, -0.25) is 4.79 Å². The van der Waals surface area contributed by atoms with Crippen LogP contribution in [0.1, 0.15) is 34.3 Å². The van der Waals surface area contributed by atoms with Gasteiger partial charge in [0.1, 0.15) is 0 Å². The summed E-state index contributed by atoms with van der Waals surface area (Å²) < 4.78 is 0. The summed E-state index contributed by atoms with van der Waals surface area (Å²) in [5.41, 5.74) is 3.08. The van der Waals surface area contributed by atoms with Crippen molar-refractivity contribution in [3.8, 4) is 0 Å². The molecule has 0 aliphatic heterocycles. The van der Waals surface area contributed by atoms with Crippen LogP contribution >= 0.6 is 0 Å². The molecule has 3 rings (SSSR count). The van der Waals surface area contributed by atoms with Crippen LogP contribution in [-0.4, -0.2) is 11.9 Å². The topological polar surface area (TPSA) is 29.1 Å². The summed E-state index contributed by atoms with van der Waals surface area (Å²) in [7, 11) is 0. The van der Waals surface area contributed by atoms with Gasteiger partial charge < -0.3 is 5.32 Å². The second kappa shape index (κ2) is 7.60. The fourth-order valence-electron chi connectivity index (χ4n) is 3.05. The molecule has 0 aliphatic carbocycles. The molecule has 0 saturated heterocycles. The Morgan fingerprint density at radius 3 is 1.58 bits per heavy atom. The van der Waals surface area contributed by atoms with Crippen LogP contribution in [-0.2, 0) is 0 Å². The second-order valence-corrected chi connectivity index (χ2v) is 5.93. The van der Waals surface area contributed by atoms with Gasteiger partial charge in [0.2, 0.25) is 0 Å². The molecule has 2 heteroatoms. The molecule has 2 nitrogen and oxygen atoms in total. The van der Waals surface area contributed by atoms with Crippen molar-refractivity contribution in [1.29, 1.82) is 0 Å². The maximum absolute atomic E-state index is 12.5. The molecule has 1 atom stereocenters. The van der Waals surface area contributed by atoms with Crippen molar-refractivity contribution in [3.05, 3.63) is 108 Å². The van der Waals surface area contributed by atoms with Gasteiger partial charge in [-0.25, -0.2) is 0 Å². The van der Waals surface area contributed by atoms with Gasteiger partial charge in [0.05, 0.1) is 0 Å². The summed E-state index contributed by atoms with van der Waals surface area (Å²) in [5, 5.41) is 3.15. The first-order valence-corrected chi connectivity index (χ1v) is 8.21. The summed E-state index contributed by atoms with van der Waals surface area (Å²) in [6.45, 7) is 2.06. The van der Waals surface area contributed by atoms with E-state index in [1.54, 1.807) is 0 Å². The molecule has 0 aliphatic rings. The molecular formula is C22H21NO. The van der Waals surface area contributed by atoms with Crippen molar-refractivity contribution < 1.29 is 4.79 Å². The van der Waals surface area contributed by atoms with Crippen LogP contribution in [0.5, 0.6) is 0 Å². The third-order valence-electron chi connectivity index (χ3n) is 4.21. The summed E-state index contributed by atoms with van der Waals surface area (Å²) in [5.74, 6) is 0.0695. The molecule has 1 unspecified atom stereocenters. The first-order valence-electron chi connectivity index (χ1n) is 8.21. The molecule has 0 radical (unpaired) electrons. The zero-order chi connectivity index (χ0) is 16.8. The van der Waals surface area contributed by atoms with Crippen LogP contribution in [0.4, 0.5) is 0 Å². The Bertz CT molecular complexity index is 729. The minimum absolute atomic E-state index is 0.0255. The predicted molar refractivity (Wildman–Crippen MR) is 98.1 cm³/mol. The van der Waals surface area contributed by atoms with Crippen LogP contribution in [0, 0.1) is 0 Å². The van der Waals surface area contributed by atoms with Gasteiger partial charge in [-0.15, -0.1) is 0 Å². The quantitative estimate of drug-likeness (QED) is 0.730. The van der Waals surface area contributed by atoms with E-state index < -0.39 is 0 Å². The number of rotatable bonds is 5. The molecule has 0 fully saturated rings. The number of nitrogens with one attached hydrogen (secondary N) is 1. The van der Waals surface area contributed by atoms with E-state index in [9.17, 15) is 4.79 Å². The summed E-state index contributed by atoms with van der Waals surface area (Å²) in [4.78, 5) is 12.5. The maximum atomic E-state index is 12.5. The highest BCUT2D eigenvalue weighted by Crippen LogP contribution is 2.28. The van der Waals surface area contributed by atoms with Gasteiger partial charge >= 0.3 is 0 Å². The lowest BCUT2D eigenvalue weighted by Gasteiger charge is -2.26. The molecule has 0 spiro atoms. The van der Waals surface area contributed by atoms with E-state index in [1.165, 1.54) is 11.1 Å². The average Bonchev–Trinajstić information content (AvgIpc) is 2.64. The minimum Gasteiger partial charge on any atom is -0.349 e. The third-order valence-corrected chi connectivity index (χ3v) is 4.21. The lowest BCUT2D eigenvalue weighted by atomic mass is 9.85. The summed E-state index contributed by atoms with van der Waals surface area (Å²) in [6.07, 6.45) is 0. The zero-order valence-electron chi connectivity index (χ0n) is 13.7. The molecule has 24 heavy (non-hydrogen) atoms. The second-order valence-electron chi connectivity index (χ2n) is 5.93. The lowest BCUT2D eigenvalue weighted by molar-refractivity contribution is 0.0937. The predicted octanol–water partition coefficient (Wildman–Crippen LogP) is 4.64. The number of hydrogen-bond donors (Lipinski definition) is 1. The van der Waals surface area contributed by atoms with Crippen LogP contribution in [0.2, 0.25) is 0 Å². The number of amides is 1. The van der Waals surface area contributed by atoms with E-state index in [-0.39, 0.29) is 17.9 Å². The van der Waals surface area contributed by atoms with Crippen molar-refractivity contribution in [3.63, 3.8) is 0 Å². The standard InChI is InChI=1S/C22H21NO/c1-17(23-22(24)20-15-9-4-10-16-20)21(18-11-5-2-6-12-18)19-13-7-3-8-14-19/h2-17,21H,1H3,(H,23,24). The van der Waals surface area contributed by atoms with Crippen molar-refractivity contribution >= 4 is 5.91 Å². The number of carbonyl (C=O) groups is 1. The SMILES string of the molecule is CC(NC(=O)c1ccccc1)C(c1ccccc1)c1ccccc1. The highest BCUT2D eigenvalue weighted by Gasteiger charge is 2.23. The van der Waals surface area contributed by atoms with Crippen molar-refractivity contribution in [2.45, 2.75) is 18.9 Å². The molecule has 3 aromatic carbocycles. The molecular weight excluding hydrogens is 294 g/mol. The highest BCUT2D eigenvalue weighted by molar-refractivity contribution is 5.94. The molecule has 0 aromatic heterocycles. The smallest absolute Gasteiger partial charge is 0.251 e. The van der Waals surface area contributed by atoms with E-state index in [0.29, 0.717) is 5.56 Å². The Hall–Kier alpha value is -2.87. The van der Waals surface area contributed by atoms with E-state index in [1.807, 2.05) is 66.7 Å². The van der Waals surface area contributed by atoms with Crippen molar-refractivity contribution in [1.82, 2.24) is 5.32 Å². The maximum Gasteiger partial charge on any atom is 0.251 e. The van der Waals surface area contributed by atoms with E-state index in [4.69, 9.17) is 0 Å². The van der Waals surface area contributed by atoms with Gasteiger partial charge in [-0.2, -0.15) is 0 Å². The zero-order valence-corrected chi connectivity index (χ0v) is 13.7. The van der Waals surface area contributed by atoms with E-state index >= 15 is 0 Å². The van der Waals surface area contributed by atoms with Gasteiger partial charge in [0.25, 0.3) is 5.91 Å². The monoisotopic (exact) mass is 315 g/mol. The van der Waals surface area contributed by atoms with Gasteiger partial charge in [-0.1, -0.05) is 78.9 Å². The number of benzene rings is 3. The molecule has 1 N–H and O–H groups in total. The van der Waals surface area contributed by atoms with E-state index in [0.717, 1.165) is 0 Å². The third kappa shape index (κ3) is 3.72. The van der Waals surface area contributed by atoms with Crippen LogP contribution in [0.3, 0.4) is 0 Å². The van der Waals surface area contributed by atoms with Crippen molar-refractivity contribution in [2.24, 2.45) is 0 Å². The molecule has 0 heterocycles. The normalized spacial score (nSPS) is 11.9. The largest absolute Gasteiger partial charge is 0.349 e. The van der Waals surface area contributed by atoms with Gasteiger partial charge in [0.15, 0.2) is 0 Å². The highest BCUT2D eigenvalue weighted by atomic mass is 16.1. The molecule has 0 bridgehead atoms. The Morgan fingerprint density at radius 2 is 1.12 bits per heavy atom. The van der Waals surface area contributed by atoms with E-state index in [2.05, 4.69) is 36.5 Å². The lowest BCUT2D eigenvalue weighted by Crippen LogP contribution is -2.37. The van der Waals surface area contributed by atoms with Gasteiger partial charge in [-0.05, 0) is 30.2 Å². The summed E-state index contributed by atoms with van der Waals surface area (Å²) >= 11 is 0. The fourth-order valence-corrected chi connectivity index (χ4v) is 3.05. The van der Waals surface area contributed by atoms with Crippen LogP contribution < -0.4 is 5.32 Å². The Morgan fingerprint density at radius 1 is 0.708 bits per heavy atom. The van der Waals surface area contributed by atoms with Crippen LogP contribution in [0.25, 0.3) is 0 Å². The molecule has 0 saturated carbocycles.